The molecule has 0 fully saturated rings. The molecule has 2 amide bonds. The van der Waals surface area contributed by atoms with Crippen molar-refractivity contribution in [2.45, 2.75) is 26.4 Å². The molecule has 0 heterocycles. The van der Waals surface area contributed by atoms with E-state index in [1.165, 1.54) is 13.8 Å². The molecule has 1 atom stereocenters. The number of methoxy groups -OCH3 is 1. The van der Waals surface area contributed by atoms with Crippen LogP contribution < -0.4 is 16.0 Å². The highest BCUT2D eigenvalue weighted by Crippen LogP contribution is 1.94. The van der Waals surface area contributed by atoms with Crippen LogP contribution in [0.5, 0.6) is 0 Å². The van der Waals surface area contributed by atoms with Gasteiger partial charge >= 0.3 is 18.0 Å². The quantitative estimate of drug-likeness (QED) is 0.147. The van der Waals surface area contributed by atoms with Crippen LogP contribution in [-0.2, 0) is 38.1 Å². The molecule has 0 aliphatic carbocycles. The number of esters is 2. The van der Waals surface area contributed by atoms with E-state index < -0.39 is 24.1 Å². The molecule has 3 N–H and O–H groups in total. The number of carbonyl (C=O) groups excluding carboxylic acids is 4. The van der Waals surface area contributed by atoms with Crippen LogP contribution in [0.15, 0.2) is 0 Å². The second-order valence-electron chi connectivity index (χ2n) is 6.04. The van der Waals surface area contributed by atoms with Gasteiger partial charge in [-0.2, -0.15) is 0 Å². The summed E-state index contributed by atoms with van der Waals surface area (Å²) in [6.07, 6.45) is -0.696. The molecule has 0 saturated heterocycles. The van der Waals surface area contributed by atoms with Crippen LogP contribution in [0.3, 0.4) is 0 Å². The van der Waals surface area contributed by atoms with Crippen molar-refractivity contribution in [3.05, 3.63) is 0 Å². The summed E-state index contributed by atoms with van der Waals surface area (Å²) in [7, 11) is 1.57. The number of hydrogen-bond donors (Lipinski definition) is 3. The molecule has 0 aromatic rings. The number of hydrogen-bond acceptors (Lipinski definition) is 10. The smallest absolute Gasteiger partial charge is 0.407 e. The van der Waals surface area contributed by atoms with Gasteiger partial charge in [0.25, 0.3) is 0 Å². The Balaban J connectivity index is 3.70. The SMILES string of the molecule is COCCOCCOC(=O)NCCCNCC(=O)NCC(COC(C)=O)OC(C)=O. The Morgan fingerprint density at radius 3 is 2.27 bits per heavy atom. The summed E-state index contributed by atoms with van der Waals surface area (Å²) in [5.74, 6) is -1.35. The topological polar surface area (TPSA) is 151 Å². The van der Waals surface area contributed by atoms with Crippen molar-refractivity contribution in [1.82, 2.24) is 16.0 Å². The predicted octanol–water partition coefficient (Wildman–Crippen LogP) is -1.03. The van der Waals surface area contributed by atoms with Gasteiger partial charge in [0.15, 0.2) is 6.10 Å². The van der Waals surface area contributed by atoms with Crippen molar-refractivity contribution in [3.63, 3.8) is 0 Å². The maximum atomic E-state index is 11.8. The van der Waals surface area contributed by atoms with E-state index in [9.17, 15) is 19.2 Å². The molecule has 0 saturated carbocycles. The second-order valence-corrected chi connectivity index (χ2v) is 6.04. The van der Waals surface area contributed by atoms with Crippen molar-refractivity contribution in [1.29, 1.82) is 0 Å². The molecule has 0 spiro atoms. The van der Waals surface area contributed by atoms with Gasteiger partial charge in [0.1, 0.15) is 13.2 Å². The van der Waals surface area contributed by atoms with Gasteiger partial charge < -0.3 is 39.6 Å². The lowest BCUT2D eigenvalue weighted by molar-refractivity contribution is -0.156. The number of carbonyl (C=O) groups is 4. The van der Waals surface area contributed by atoms with Crippen molar-refractivity contribution in [2.75, 3.05) is 66.3 Å². The van der Waals surface area contributed by atoms with Gasteiger partial charge in [0.05, 0.1) is 32.9 Å². The molecular formula is C18H33N3O9. The third-order valence-corrected chi connectivity index (χ3v) is 3.31. The van der Waals surface area contributed by atoms with Gasteiger partial charge in [-0.25, -0.2) is 4.79 Å². The fourth-order valence-corrected chi connectivity index (χ4v) is 1.96. The Hall–Kier alpha value is -2.44. The van der Waals surface area contributed by atoms with Gasteiger partial charge in [0, 0.05) is 27.5 Å². The lowest BCUT2D eigenvalue weighted by Gasteiger charge is -2.17. The molecule has 0 aromatic carbocycles. The van der Waals surface area contributed by atoms with Gasteiger partial charge in [-0.05, 0) is 13.0 Å². The van der Waals surface area contributed by atoms with E-state index in [-0.39, 0.29) is 32.2 Å². The monoisotopic (exact) mass is 435 g/mol. The Labute approximate surface area is 176 Å². The molecule has 0 aromatic heterocycles. The van der Waals surface area contributed by atoms with E-state index in [0.717, 1.165) is 0 Å². The molecule has 0 bridgehead atoms. The summed E-state index contributed by atoms with van der Waals surface area (Å²) >= 11 is 0. The fraction of sp³-hybridized carbons (Fsp3) is 0.778. The molecule has 30 heavy (non-hydrogen) atoms. The summed E-state index contributed by atoms with van der Waals surface area (Å²) in [5.41, 5.74) is 0. The third kappa shape index (κ3) is 18.9. The summed E-state index contributed by atoms with van der Waals surface area (Å²) in [6, 6.07) is 0. The van der Waals surface area contributed by atoms with Gasteiger partial charge in [0.2, 0.25) is 5.91 Å². The van der Waals surface area contributed by atoms with Crippen LogP contribution >= 0.6 is 0 Å². The summed E-state index contributed by atoms with van der Waals surface area (Å²) < 4.78 is 24.6. The predicted molar refractivity (Wildman–Crippen MR) is 105 cm³/mol. The largest absolute Gasteiger partial charge is 0.462 e. The van der Waals surface area contributed by atoms with E-state index >= 15 is 0 Å². The zero-order valence-electron chi connectivity index (χ0n) is 17.8. The Kier molecular flexibility index (Phi) is 17.1. The zero-order valence-corrected chi connectivity index (χ0v) is 17.8. The molecule has 0 rings (SSSR count). The maximum absolute atomic E-state index is 11.8. The van der Waals surface area contributed by atoms with Crippen LogP contribution in [0.1, 0.15) is 20.3 Å². The van der Waals surface area contributed by atoms with Gasteiger partial charge in [-0.15, -0.1) is 0 Å². The Morgan fingerprint density at radius 2 is 1.60 bits per heavy atom. The van der Waals surface area contributed by atoms with Crippen LogP contribution in [-0.4, -0.2) is 96.4 Å². The van der Waals surface area contributed by atoms with E-state index in [0.29, 0.717) is 39.3 Å². The lowest BCUT2D eigenvalue weighted by Crippen LogP contribution is -2.41. The van der Waals surface area contributed by atoms with Crippen molar-refractivity contribution < 1.29 is 42.9 Å². The normalized spacial score (nSPS) is 11.3. The van der Waals surface area contributed by atoms with E-state index in [1.807, 2.05) is 0 Å². The minimum absolute atomic E-state index is 0.0238. The Bertz CT molecular complexity index is 517. The van der Waals surface area contributed by atoms with E-state index in [2.05, 4.69) is 16.0 Å². The molecule has 12 heteroatoms. The number of nitrogens with one attached hydrogen (secondary N) is 3. The zero-order chi connectivity index (χ0) is 22.6. The second kappa shape index (κ2) is 18.6. The fourth-order valence-electron chi connectivity index (χ4n) is 1.96. The van der Waals surface area contributed by atoms with Crippen LogP contribution in [0, 0.1) is 0 Å². The number of rotatable bonds is 17. The summed E-state index contributed by atoms with van der Waals surface area (Å²) in [6.45, 7) is 4.65. The minimum atomic E-state index is -0.754. The van der Waals surface area contributed by atoms with Crippen LogP contribution in [0.25, 0.3) is 0 Å². The van der Waals surface area contributed by atoms with Crippen molar-refractivity contribution in [2.24, 2.45) is 0 Å². The molecule has 12 nitrogen and oxygen atoms in total. The highest BCUT2D eigenvalue weighted by Gasteiger charge is 2.15. The van der Waals surface area contributed by atoms with Crippen molar-refractivity contribution >= 4 is 23.9 Å². The van der Waals surface area contributed by atoms with Crippen molar-refractivity contribution in [3.8, 4) is 0 Å². The highest BCUT2D eigenvalue weighted by atomic mass is 16.6. The molecular weight excluding hydrogens is 402 g/mol. The first-order valence-corrected chi connectivity index (χ1v) is 9.60. The molecule has 0 aliphatic rings. The molecule has 0 radical (unpaired) electrons. The summed E-state index contributed by atoms with van der Waals surface area (Å²) in [5, 5.41) is 8.08. The number of amides is 2. The van der Waals surface area contributed by atoms with E-state index in [4.69, 9.17) is 23.7 Å². The molecule has 1 unspecified atom stereocenters. The first-order chi connectivity index (χ1) is 14.3. The Morgan fingerprint density at radius 1 is 0.867 bits per heavy atom. The van der Waals surface area contributed by atoms with Crippen LogP contribution in [0.2, 0.25) is 0 Å². The lowest BCUT2D eigenvalue weighted by atomic mass is 10.3. The third-order valence-electron chi connectivity index (χ3n) is 3.31. The highest BCUT2D eigenvalue weighted by molar-refractivity contribution is 5.78. The van der Waals surface area contributed by atoms with E-state index in [1.54, 1.807) is 7.11 Å². The number of alkyl carbamates (subject to hydrolysis) is 1. The summed E-state index contributed by atoms with van der Waals surface area (Å²) in [4.78, 5) is 45.1. The average Bonchev–Trinajstić information content (AvgIpc) is 2.68. The van der Waals surface area contributed by atoms with Crippen LogP contribution in [0.4, 0.5) is 4.79 Å². The molecule has 174 valence electrons. The van der Waals surface area contributed by atoms with Gasteiger partial charge in [-0.3, -0.25) is 14.4 Å². The standard InChI is InChI=1S/C18H33N3O9/c1-14(22)29-13-16(30-15(2)23)11-21-17(24)12-19-5-4-6-20-18(25)28-10-9-27-8-7-26-3/h16,19H,4-13H2,1-3H3,(H,20,25)(H,21,24). The average molecular weight is 435 g/mol. The molecule has 0 aliphatic heterocycles. The van der Waals surface area contributed by atoms with Gasteiger partial charge in [-0.1, -0.05) is 0 Å². The maximum Gasteiger partial charge on any atom is 0.407 e. The number of ether oxygens (including phenoxy) is 5. The minimum Gasteiger partial charge on any atom is -0.462 e. The first kappa shape index (κ1) is 27.6. The first-order valence-electron chi connectivity index (χ1n) is 9.60.